The summed E-state index contributed by atoms with van der Waals surface area (Å²) in [4.78, 5) is 25.3. The first kappa shape index (κ1) is 14.7. The minimum absolute atomic E-state index is 0.217. The van der Waals surface area contributed by atoms with Crippen LogP contribution in [0.25, 0.3) is 0 Å². The Hall–Kier alpha value is -1.26. The highest BCUT2D eigenvalue weighted by Gasteiger charge is 2.18. The number of urea groups is 1. The second kappa shape index (κ2) is 7.09. The van der Waals surface area contributed by atoms with Crippen LogP contribution in [0, 0.1) is 5.92 Å². The number of carboxylic acids is 1. The van der Waals surface area contributed by atoms with Gasteiger partial charge in [-0.25, -0.2) is 4.79 Å². The highest BCUT2D eigenvalue weighted by molar-refractivity contribution is 5.79. The monoisotopic (exact) mass is 230 g/mol. The molecule has 5 nitrogen and oxygen atoms in total. The fourth-order valence-corrected chi connectivity index (χ4v) is 1.27. The van der Waals surface area contributed by atoms with Crippen LogP contribution in [-0.4, -0.2) is 53.6 Å². The highest BCUT2D eigenvalue weighted by atomic mass is 16.4. The Bertz CT molecular complexity index is 241. The molecule has 0 aliphatic carbocycles. The number of nitrogens with zero attached hydrogens (tertiary/aromatic N) is 2. The maximum absolute atomic E-state index is 11.8. The molecule has 1 N–H and O–H groups in total. The van der Waals surface area contributed by atoms with Crippen LogP contribution < -0.4 is 0 Å². The summed E-state index contributed by atoms with van der Waals surface area (Å²) in [7, 11) is 1.70. The summed E-state index contributed by atoms with van der Waals surface area (Å²) in [6.45, 7) is 6.79. The zero-order chi connectivity index (χ0) is 12.7. The number of amides is 2. The van der Waals surface area contributed by atoms with Gasteiger partial charge < -0.3 is 14.9 Å². The van der Waals surface area contributed by atoms with Crippen molar-refractivity contribution in [2.75, 3.05) is 26.7 Å². The highest BCUT2D eigenvalue weighted by Crippen LogP contribution is 2.03. The Morgan fingerprint density at radius 1 is 1.31 bits per heavy atom. The molecule has 0 atom stereocenters. The molecule has 0 saturated heterocycles. The summed E-state index contributed by atoms with van der Waals surface area (Å²) in [6.07, 6.45) is 0.923. The maximum atomic E-state index is 11.8. The van der Waals surface area contributed by atoms with Crippen LogP contribution in [0.1, 0.15) is 27.2 Å². The number of carbonyl (C=O) groups excluding carboxylic acids is 1. The van der Waals surface area contributed by atoms with Crippen molar-refractivity contribution in [2.24, 2.45) is 5.92 Å². The van der Waals surface area contributed by atoms with Gasteiger partial charge in [0.1, 0.15) is 6.54 Å². The summed E-state index contributed by atoms with van der Waals surface area (Å²) < 4.78 is 0. The van der Waals surface area contributed by atoms with Crippen LogP contribution in [0.4, 0.5) is 4.79 Å². The third-order valence-electron chi connectivity index (χ3n) is 2.35. The van der Waals surface area contributed by atoms with Crippen molar-refractivity contribution in [3.8, 4) is 0 Å². The number of carboxylic acid groups (broad SMARTS) is 1. The summed E-state index contributed by atoms with van der Waals surface area (Å²) in [5.41, 5.74) is 0. The second-order valence-corrected chi connectivity index (χ2v) is 4.29. The number of likely N-dealkylation sites (N-methyl/N-ethyl adjacent to an activating group) is 1. The minimum Gasteiger partial charge on any atom is -0.480 e. The molecule has 5 heteroatoms. The zero-order valence-electron chi connectivity index (χ0n) is 10.6. The Morgan fingerprint density at radius 2 is 1.88 bits per heavy atom. The van der Waals surface area contributed by atoms with Gasteiger partial charge in [0.15, 0.2) is 0 Å². The average Bonchev–Trinajstić information content (AvgIpc) is 2.21. The topological polar surface area (TPSA) is 60.9 Å². The molecular formula is C11H22N2O3. The van der Waals surface area contributed by atoms with Crippen LogP contribution >= 0.6 is 0 Å². The Morgan fingerprint density at radius 3 is 2.25 bits per heavy atom. The van der Waals surface area contributed by atoms with E-state index >= 15 is 0 Å². The van der Waals surface area contributed by atoms with E-state index in [1.165, 1.54) is 4.90 Å². The molecule has 0 saturated carbocycles. The Balaban J connectivity index is 4.21. The lowest BCUT2D eigenvalue weighted by Crippen LogP contribution is -2.44. The first-order valence-electron chi connectivity index (χ1n) is 5.60. The molecule has 0 aromatic carbocycles. The predicted octanol–water partition coefficient (Wildman–Crippen LogP) is 1.49. The van der Waals surface area contributed by atoms with E-state index in [0.29, 0.717) is 19.0 Å². The van der Waals surface area contributed by atoms with E-state index in [1.54, 1.807) is 18.9 Å². The van der Waals surface area contributed by atoms with E-state index in [4.69, 9.17) is 5.11 Å². The molecule has 0 radical (unpaired) electrons. The molecule has 0 aliphatic heterocycles. The molecule has 2 amide bonds. The molecule has 0 aromatic rings. The molecule has 94 valence electrons. The van der Waals surface area contributed by atoms with Gasteiger partial charge in [0.05, 0.1) is 0 Å². The smallest absolute Gasteiger partial charge is 0.323 e. The van der Waals surface area contributed by atoms with Crippen LogP contribution in [0.5, 0.6) is 0 Å². The molecule has 0 unspecified atom stereocenters. The summed E-state index contributed by atoms with van der Waals surface area (Å²) in [6, 6.07) is -0.217. The van der Waals surface area contributed by atoms with Gasteiger partial charge in [-0.15, -0.1) is 0 Å². The quantitative estimate of drug-likeness (QED) is 0.752. The van der Waals surface area contributed by atoms with Crippen LogP contribution in [0.3, 0.4) is 0 Å². The molecule has 0 aromatic heterocycles. The van der Waals surface area contributed by atoms with Crippen molar-refractivity contribution < 1.29 is 14.7 Å². The third-order valence-corrected chi connectivity index (χ3v) is 2.35. The number of rotatable bonds is 6. The number of aliphatic carboxylic acids is 1. The van der Waals surface area contributed by atoms with E-state index in [2.05, 4.69) is 13.8 Å². The van der Waals surface area contributed by atoms with Crippen molar-refractivity contribution in [3.63, 3.8) is 0 Å². The first-order chi connectivity index (χ1) is 7.38. The zero-order valence-corrected chi connectivity index (χ0v) is 10.6. The normalized spacial score (nSPS) is 10.3. The molecule has 0 fully saturated rings. The van der Waals surface area contributed by atoms with E-state index in [9.17, 15) is 9.59 Å². The minimum atomic E-state index is -0.979. The largest absolute Gasteiger partial charge is 0.480 e. The van der Waals surface area contributed by atoms with E-state index in [-0.39, 0.29) is 12.6 Å². The molecule has 16 heavy (non-hydrogen) atoms. The van der Waals surface area contributed by atoms with Gasteiger partial charge in [-0.05, 0) is 19.3 Å². The lowest BCUT2D eigenvalue weighted by atomic mass is 10.1. The summed E-state index contributed by atoms with van der Waals surface area (Å²) in [5, 5.41) is 8.65. The number of carbonyl (C=O) groups is 2. The van der Waals surface area contributed by atoms with E-state index < -0.39 is 5.97 Å². The van der Waals surface area contributed by atoms with Crippen molar-refractivity contribution in [3.05, 3.63) is 0 Å². The fraction of sp³-hybridized carbons (Fsp3) is 0.818. The average molecular weight is 230 g/mol. The van der Waals surface area contributed by atoms with E-state index in [1.807, 2.05) is 0 Å². The van der Waals surface area contributed by atoms with Gasteiger partial charge in [-0.3, -0.25) is 4.79 Å². The molecule has 0 heterocycles. The van der Waals surface area contributed by atoms with Gasteiger partial charge in [-0.2, -0.15) is 0 Å². The number of hydrogen-bond donors (Lipinski definition) is 1. The van der Waals surface area contributed by atoms with Crippen molar-refractivity contribution in [1.29, 1.82) is 0 Å². The molecule has 0 aliphatic rings. The second-order valence-electron chi connectivity index (χ2n) is 4.29. The maximum Gasteiger partial charge on any atom is 0.323 e. The standard InChI is InChI=1S/C11H22N2O3/c1-5-13(8-10(14)15)11(16)12(4)7-6-9(2)3/h9H,5-8H2,1-4H3,(H,14,15). The van der Waals surface area contributed by atoms with Crippen LogP contribution in [0.2, 0.25) is 0 Å². The lowest BCUT2D eigenvalue weighted by Gasteiger charge is -2.26. The van der Waals surface area contributed by atoms with Gasteiger partial charge in [-0.1, -0.05) is 13.8 Å². The first-order valence-corrected chi connectivity index (χ1v) is 5.60. The Labute approximate surface area is 97.0 Å². The molecule has 0 bridgehead atoms. The van der Waals surface area contributed by atoms with Crippen LogP contribution in [0.15, 0.2) is 0 Å². The van der Waals surface area contributed by atoms with Crippen molar-refractivity contribution in [1.82, 2.24) is 9.80 Å². The molecule has 0 spiro atoms. The Kier molecular flexibility index (Phi) is 6.53. The molecular weight excluding hydrogens is 208 g/mol. The van der Waals surface area contributed by atoms with E-state index in [0.717, 1.165) is 6.42 Å². The van der Waals surface area contributed by atoms with Crippen LogP contribution in [-0.2, 0) is 4.79 Å². The van der Waals surface area contributed by atoms with Crippen molar-refractivity contribution in [2.45, 2.75) is 27.2 Å². The van der Waals surface area contributed by atoms with Gasteiger partial charge in [0, 0.05) is 20.1 Å². The third kappa shape index (κ3) is 5.58. The summed E-state index contributed by atoms with van der Waals surface area (Å²) in [5.74, 6) is -0.447. The fourth-order valence-electron chi connectivity index (χ4n) is 1.27. The lowest BCUT2D eigenvalue weighted by molar-refractivity contribution is -0.137. The van der Waals surface area contributed by atoms with Crippen molar-refractivity contribution >= 4 is 12.0 Å². The predicted molar refractivity (Wildman–Crippen MR) is 62.4 cm³/mol. The SMILES string of the molecule is CCN(CC(=O)O)C(=O)N(C)CCC(C)C. The number of hydrogen-bond acceptors (Lipinski definition) is 2. The van der Waals surface area contributed by atoms with Gasteiger partial charge >= 0.3 is 12.0 Å². The molecule has 0 rings (SSSR count). The van der Waals surface area contributed by atoms with Gasteiger partial charge in [0.25, 0.3) is 0 Å². The van der Waals surface area contributed by atoms with Gasteiger partial charge in [0.2, 0.25) is 0 Å². The summed E-state index contributed by atoms with van der Waals surface area (Å²) >= 11 is 0.